The summed E-state index contributed by atoms with van der Waals surface area (Å²) in [7, 11) is 0. The van der Waals surface area contributed by atoms with E-state index >= 15 is 0 Å². The summed E-state index contributed by atoms with van der Waals surface area (Å²) in [5.74, 6) is 1.70. The van der Waals surface area contributed by atoms with Crippen LogP contribution in [-0.2, 0) is 16.1 Å². The number of aryl methyl sites for hydroxylation is 1. The summed E-state index contributed by atoms with van der Waals surface area (Å²) in [5, 5.41) is 0. The summed E-state index contributed by atoms with van der Waals surface area (Å²) in [5.41, 5.74) is 2.51. The van der Waals surface area contributed by atoms with E-state index in [1.54, 1.807) is 16.7 Å². The number of fused-ring (bicyclic) bond motifs is 2. The van der Waals surface area contributed by atoms with Crippen molar-refractivity contribution in [2.45, 2.75) is 25.6 Å². The minimum absolute atomic E-state index is 0.133. The highest BCUT2D eigenvalue weighted by Gasteiger charge is 2.49. The molecule has 23 heavy (non-hydrogen) atoms. The molecule has 0 aliphatic carbocycles. The summed E-state index contributed by atoms with van der Waals surface area (Å²) < 4.78 is 0. The fourth-order valence-corrected chi connectivity index (χ4v) is 4.81. The fraction of sp³-hybridized carbons (Fsp3) is 0.529. The Hall–Kier alpha value is -1.53. The molecule has 3 aliphatic heterocycles. The maximum atomic E-state index is 12.7. The van der Waals surface area contributed by atoms with Crippen molar-refractivity contribution in [2.75, 3.05) is 31.3 Å². The summed E-state index contributed by atoms with van der Waals surface area (Å²) in [4.78, 5) is 31.2. The van der Waals surface area contributed by atoms with Gasteiger partial charge in [-0.25, -0.2) is 0 Å². The van der Waals surface area contributed by atoms with E-state index in [2.05, 4.69) is 36.1 Å². The molecule has 0 bridgehead atoms. The van der Waals surface area contributed by atoms with Crippen LogP contribution in [0.4, 0.5) is 0 Å². The van der Waals surface area contributed by atoms with E-state index in [1.165, 1.54) is 11.1 Å². The molecule has 122 valence electrons. The van der Waals surface area contributed by atoms with Crippen LogP contribution < -0.4 is 0 Å². The minimum Gasteiger partial charge on any atom is -0.326 e. The number of carbonyl (C=O) groups excluding carboxylic acids is 2. The summed E-state index contributed by atoms with van der Waals surface area (Å²) in [6.07, 6.45) is 0. The lowest BCUT2D eigenvalue weighted by Crippen LogP contribution is -2.69. The molecule has 3 heterocycles. The predicted octanol–water partition coefficient (Wildman–Crippen LogP) is 0.923. The van der Waals surface area contributed by atoms with Crippen molar-refractivity contribution >= 4 is 23.6 Å². The first kappa shape index (κ1) is 15.0. The topological polar surface area (TPSA) is 43.9 Å². The van der Waals surface area contributed by atoms with Gasteiger partial charge in [0.15, 0.2) is 0 Å². The van der Waals surface area contributed by atoms with E-state index in [1.807, 2.05) is 4.90 Å². The Morgan fingerprint density at radius 1 is 1.04 bits per heavy atom. The third kappa shape index (κ3) is 2.64. The molecule has 1 aromatic carbocycles. The zero-order valence-electron chi connectivity index (χ0n) is 13.3. The second-order valence-corrected chi connectivity index (χ2v) is 7.59. The molecule has 3 aliphatic rings. The number of hydrogen-bond donors (Lipinski definition) is 0. The van der Waals surface area contributed by atoms with Gasteiger partial charge < -0.3 is 9.80 Å². The van der Waals surface area contributed by atoms with Crippen molar-refractivity contribution in [3.63, 3.8) is 0 Å². The van der Waals surface area contributed by atoms with Crippen molar-refractivity contribution in [3.05, 3.63) is 35.4 Å². The maximum Gasteiger partial charge on any atom is 0.248 e. The molecule has 2 amide bonds. The standard InChI is InChI=1S/C17H21N3O2S/c1-12-2-4-13(5-3-12)8-18-6-7-19-14(9-18)16(21)20-11-23-10-15(20)17(19)22/h2-5,14-15H,6-11H2,1H3/t14-,15+/m1/s1. The van der Waals surface area contributed by atoms with E-state index in [9.17, 15) is 9.59 Å². The molecule has 3 fully saturated rings. The molecule has 0 radical (unpaired) electrons. The number of thioether (sulfide) groups is 1. The van der Waals surface area contributed by atoms with Crippen LogP contribution in [0, 0.1) is 6.92 Å². The largest absolute Gasteiger partial charge is 0.326 e. The predicted molar refractivity (Wildman–Crippen MR) is 89.9 cm³/mol. The molecule has 4 rings (SSSR count). The van der Waals surface area contributed by atoms with Gasteiger partial charge in [0.1, 0.15) is 12.1 Å². The molecule has 0 unspecified atom stereocenters. The normalized spacial score (nSPS) is 28.0. The first-order valence-electron chi connectivity index (χ1n) is 8.10. The van der Waals surface area contributed by atoms with Crippen LogP contribution >= 0.6 is 11.8 Å². The number of benzene rings is 1. The molecular weight excluding hydrogens is 310 g/mol. The Labute approximate surface area is 140 Å². The Bertz CT molecular complexity index is 633. The van der Waals surface area contributed by atoms with Crippen molar-refractivity contribution in [1.29, 1.82) is 0 Å². The molecule has 6 heteroatoms. The van der Waals surface area contributed by atoms with Crippen LogP contribution in [0.2, 0.25) is 0 Å². The van der Waals surface area contributed by atoms with E-state index in [0.29, 0.717) is 19.0 Å². The van der Waals surface area contributed by atoms with Gasteiger partial charge in [-0.05, 0) is 12.5 Å². The third-order valence-electron chi connectivity index (χ3n) is 5.01. The highest BCUT2D eigenvalue weighted by molar-refractivity contribution is 7.99. The Morgan fingerprint density at radius 2 is 1.78 bits per heavy atom. The number of rotatable bonds is 2. The van der Waals surface area contributed by atoms with Gasteiger partial charge in [0.25, 0.3) is 0 Å². The van der Waals surface area contributed by atoms with Crippen molar-refractivity contribution < 1.29 is 9.59 Å². The number of hydrogen-bond acceptors (Lipinski definition) is 4. The quantitative estimate of drug-likeness (QED) is 0.808. The summed E-state index contributed by atoms with van der Waals surface area (Å²) >= 11 is 1.68. The number of piperazine rings is 2. The highest BCUT2D eigenvalue weighted by Crippen LogP contribution is 2.30. The average molecular weight is 331 g/mol. The molecule has 0 spiro atoms. The lowest BCUT2D eigenvalue weighted by atomic mass is 10.0. The van der Waals surface area contributed by atoms with Crippen LogP contribution in [-0.4, -0.2) is 69.9 Å². The second kappa shape index (κ2) is 5.83. The Morgan fingerprint density at radius 3 is 2.57 bits per heavy atom. The minimum atomic E-state index is -0.295. The monoisotopic (exact) mass is 331 g/mol. The molecule has 0 N–H and O–H groups in total. The fourth-order valence-electron chi connectivity index (χ4n) is 3.66. The van der Waals surface area contributed by atoms with Crippen molar-refractivity contribution in [2.24, 2.45) is 0 Å². The number of carbonyl (C=O) groups is 2. The molecule has 2 atom stereocenters. The highest BCUT2D eigenvalue weighted by atomic mass is 32.2. The van der Waals surface area contributed by atoms with Gasteiger partial charge in [-0.15, -0.1) is 11.8 Å². The van der Waals surface area contributed by atoms with E-state index in [-0.39, 0.29) is 23.9 Å². The molecule has 3 saturated heterocycles. The smallest absolute Gasteiger partial charge is 0.248 e. The molecule has 0 aromatic heterocycles. The Kier molecular flexibility index (Phi) is 3.81. The van der Waals surface area contributed by atoms with Gasteiger partial charge in [-0.2, -0.15) is 0 Å². The van der Waals surface area contributed by atoms with Gasteiger partial charge in [0.2, 0.25) is 11.8 Å². The van der Waals surface area contributed by atoms with Crippen LogP contribution in [0.5, 0.6) is 0 Å². The van der Waals surface area contributed by atoms with Crippen LogP contribution in [0.1, 0.15) is 11.1 Å². The third-order valence-corrected chi connectivity index (χ3v) is 6.02. The number of nitrogens with zero attached hydrogens (tertiary/aromatic N) is 3. The van der Waals surface area contributed by atoms with E-state index in [0.717, 1.165) is 18.8 Å². The first-order valence-corrected chi connectivity index (χ1v) is 9.25. The van der Waals surface area contributed by atoms with Gasteiger partial charge in [0.05, 0.1) is 5.88 Å². The van der Waals surface area contributed by atoms with Crippen molar-refractivity contribution in [3.8, 4) is 0 Å². The second-order valence-electron chi connectivity index (χ2n) is 6.59. The zero-order chi connectivity index (χ0) is 16.0. The molecule has 0 saturated carbocycles. The Balaban J connectivity index is 1.48. The molecule has 1 aromatic rings. The van der Waals surface area contributed by atoms with Crippen LogP contribution in [0.25, 0.3) is 0 Å². The van der Waals surface area contributed by atoms with Crippen LogP contribution in [0.15, 0.2) is 24.3 Å². The maximum absolute atomic E-state index is 12.7. The summed E-state index contributed by atoms with van der Waals surface area (Å²) in [6.45, 7) is 5.06. The van der Waals surface area contributed by atoms with Gasteiger partial charge in [0, 0.05) is 31.9 Å². The van der Waals surface area contributed by atoms with Gasteiger partial charge >= 0.3 is 0 Å². The molecule has 5 nitrogen and oxygen atoms in total. The van der Waals surface area contributed by atoms with Crippen LogP contribution in [0.3, 0.4) is 0 Å². The zero-order valence-corrected chi connectivity index (χ0v) is 14.1. The molecular formula is C17H21N3O2S. The van der Waals surface area contributed by atoms with E-state index in [4.69, 9.17) is 0 Å². The SMILES string of the molecule is Cc1ccc(CN2CCN3C(=O)[C@@H]4CSCN4C(=O)[C@H]3C2)cc1. The summed E-state index contributed by atoms with van der Waals surface area (Å²) in [6, 6.07) is 8.01. The van der Waals surface area contributed by atoms with Crippen molar-refractivity contribution in [1.82, 2.24) is 14.7 Å². The van der Waals surface area contributed by atoms with Gasteiger partial charge in [-0.3, -0.25) is 14.5 Å². The lowest BCUT2D eigenvalue weighted by molar-refractivity contribution is -0.162. The van der Waals surface area contributed by atoms with Gasteiger partial charge in [-0.1, -0.05) is 29.8 Å². The van der Waals surface area contributed by atoms with E-state index < -0.39 is 0 Å². The average Bonchev–Trinajstić information content (AvgIpc) is 3.05. The number of amides is 2. The first-order chi connectivity index (χ1) is 11.1. The lowest BCUT2D eigenvalue weighted by Gasteiger charge is -2.47.